The molecule has 11 aromatic carbocycles. The van der Waals surface area contributed by atoms with Crippen LogP contribution in [-0.2, 0) is 0 Å². The van der Waals surface area contributed by atoms with Gasteiger partial charge in [-0.15, -0.1) is 11.3 Å². The molecule has 0 aliphatic heterocycles. The van der Waals surface area contributed by atoms with Gasteiger partial charge in [-0.3, -0.25) is 0 Å². The van der Waals surface area contributed by atoms with Gasteiger partial charge in [-0.25, -0.2) is 0 Å². The summed E-state index contributed by atoms with van der Waals surface area (Å²) in [4.78, 5) is 2.41. The molecule has 12 aromatic rings. The fourth-order valence-corrected chi connectivity index (χ4v) is 10.4. The van der Waals surface area contributed by atoms with Gasteiger partial charge in [-0.2, -0.15) is 0 Å². The van der Waals surface area contributed by atoms with E-state index in [1.54, 1.807) is 0 Å². The summed E-state index contributed by atoms with van der Waals surface area (Å²) in [7, 11) is 0. The molecule has 12 rings (SSSR count). The Kier molecular flexibility index (Phi) is 8.11. The Balaban J connectivity index is 0.991. The Morgan fingerprint density at radius 3 is 1.65 bits per heavy atom. The molecule has 280 valence electrons. The van der Waals surface area contributed by atoms with Gasteiger partial charge in [0, 0.05) is 37.2 Å². The van der Waals surface area contributed by atoms with Crippen molar-refractivity contribution in [2.75, 3.05) is 4.90 Å². The quantitative estimate of drug-likeness (QED) is 0.152. The molecule has 1 nitrogen and oxygen atoms in total. The van der Waals surface area contributed by atoms with Crippen molar-refractivity contribution in [3.8, 4) is 33.4 Å². The predicted octanol–water partition coefficient (Wildman–Crippen LogP) is 17.1. The van der Waals surface area contributed by atoms with Crippen LogP contribution in [0.25, 0.3) is 96.6 Å². The summed E-state index contributed by atoms with van der Waals surface area (Å²) in [5, 5.41) is 12.6. The number of rotatable bonds is 6. The van der Waals surface area contributed by atoms with E-state index in [9.17, 15) is 0 Å². The Hall–Kier alpha value is -7.52. The number of nitrogens with zero attached hydrogens (tertiary/aromatic N) is 1. The highest BCUT2D eigenvalue weighted by Gasteiger charge is 2.17. The molecule has 0 aliphatic rings. The molecule has 0 unspecified atom stereocenters. The normalized spacial score (nSPS) is 11.7. The Bertz CT molecular complexity index is 3600. The first kappa shape index (κ1) is 34.5. The number of thiophene rings is 1. The van der Waals surface area contributed by atoms with Gasteiger partial charge in [0.15, 0.2) is 0 Å². The van der Waals surface area contributed by atoms with E-state index in [0.717, 1.165) is 17.1 Å². The topological polar surface area (TPSA) is 3.24 Å². The maximum Gasteiger partial charge on any atom is 0.0468 e. The molecular weight excluding hydrogens is 743 g/mol. The summed E-state index contributed by atoms with van der Waals surface area (Å²) >= 11 is 1.87. The van der Waals surface area contributed by atoms with Crippen LogP contribution >= 0.6 is 11.3 Å². The summed E-state index contributed by atoms with van der Waals surface area (Å²) in [6, 6.07) is 82.6. The van der Waals surface area contributed by atoms with Crippen LogP contribution in [0.2, 0.25) is 0 Å². The third-order valence-electron chi connectivity index (χ3n) is 12.2. The molecule has 0 amide bonds. The molecule has 0 radical (unpaired) electrons. The fourth-order valence-electron chi connectivity index (χ4n) is 9.26. The minimum atomic E-state index is 1.11. The minimum Gasteiger partial charge on any atom is -0.310 e. The molecule has 0 aliphatic carbocycles. The monoisotopic (exact) mass is 779 g/mol. The zero-order valence-electron chi connectivity index (χ0n) is 32.7. The van der Waals surface area contributed by atoms with Gasteiger partial charge in [0.25, 0.3) is 0 Å². The lowest BCUT2D eigenvalue weighted by Gasteiger charge is -2.26. The Labute approximate surface area is 352 Å². The molecule has 0 N–H and O–H groups in total. The maximum absolute atomic E-state index is 2.41. The van der Waals surface area contributed by atoms with Gasteiger partial charge in [-0.05, 0) is 143 Å². The summed E-state index contributed by atoms with van der Waals surface area (Å²) in [6.45, 7) is 0. The van der Waals surface area contributed by atoms with Gasteiger partial charge in [0.2, 0.25) is 0 Å². The van der Waals surface area contributed by atoms with Crippen LogP contribution in [0, 0.1) is 0 Å². The van der Waals surface area contributed by atoms with E-state index in [4.69, 9.17) is 0 Å². The summed E-state index contributed by atoms with van der Waals surface area (Å²) < 4.78 is 2.64. The van der Waals surface area contributed by atoms with E-state index in [2.05, 4.69) is 229 Å². The average molecular weight is 780 g/mol. The SMILES string of the molecule is c1ccc(-c2ccc3cc(N(c4ccc(-c5ccccc5-c5cc6ccccc6c6ccccc56)cc4)c4ccc5cc6c(cc5c4)sc4ccccc46)ccc3c2)cc1. The van der Waals surface area contributed by atoms with E-state index in [0.29, 0.717) is 0 Å². The van der Waals surface area contributed by atoms with Crippen molar-refractivity contribution in [3.63, 3.8) is 0 Å². The maximum atomic E-state index is 2.41. The zero-order chi connectivity index (χ0) is 39.6. The fraction of sp³-hybridized carbons (Fsp3) is 0. The number of hydrogen-bond donors (Lipinski definition) is 0. The first-order chi connectivity index (χ1) is 29.7. The highest BCUT2D eigenvalue weighted by molar-refractivity contribution is 7.25. The van der Waals surface area contributed by atoms with Crippen LogP contribution in [0.3, 0.4) is 0 Å². The minimum absolute atomic E-state index is 1.11. The van der Waals surface area contributed by atoms with Crippen molar-refractivity contribution in [3.05, 3.63) is 224 Å². The standard InChI is InChI=1S/C58H37NS/c1-2-12-38(13-3-1)40-22-23-42-33-47(30-26-41(42)32-40)59(48-31-27-43-35-56-54-20-10-11-21-57(54)60-58(56)37-45(43)34-48)46-28-24-39(25-29-46)49-15-6-7-18-52(49)55-36-44-14-4-5-16-50(44)51-17-8-9-19-53(51)55/h1-37H. The molecule has 0 bridgehead atoms. The first-order valence-corrected chi connectivity index (χ1v) is 21.4. The molecule has 0 fully saturated rings. The smallest absolute Gasteiger partial charge is 0.0468 e. The van der Waals surface area contributed by atoms with Crippen molar-refractivity contribution < 1.29 is 0 Å². The zero-order valence-corrected chi connectivity index (χ0v) is 33.5. The largest absolute Gasteiger partial charge is 0.310 e. The van der Waals surface area contributed by atoms with Crippen LogP contribution in [0.15, 0.2) is 224 Å². The molecule has 60 heavy (non-hydrogen) atoms. The van der Waals surface area contributed by atoms with E-state index < -0.39 is 0 Å². The average Bonchev–Trinajstić information content (AvgIpc) is 3.68. The summed E-state index contributed by atoms with van der Waals surface area (Å²) in [5.41, 5.74) is 10.7. The lowest BCUT2D eigenvalue weighted by atomic mass is 9.89. The highest BCUT2D eigenvalue weighted by atomic mass is 32.1. The van der Waals surface area contributed by atoms with Crippen molar-refractivity contribution in [1.29, 1.82) is 0 Å². The van der Waals surface area contributed by atoms with Crippen LogP contribution in [0.1, 0.15) is 0 Å². The van der Waals surface area contributed by atoms with Gasteiger partial charge < -0.3 is 4.90 Å². The van der Waals surface area contributed by atoms with Crippen LogP contribution in [-0.4, -0.2) is 0 Å². The Morgan fingerprint density at radius 1 is 0.250 bits per heavy atom. The summed E-state index contributed by atoms with van der Waals surface area (Å²) in [6.07, 6.45) is 0. The molecule has 0 saturated carbocycles. The second-order valence-corrected chi connectivity index (χ2v) is 16.8. The van der Waals surface area contributed by atoms with Crippen LogP contribution < -0.4 is 4.90 Å². The van der Waals surface area contributed by atoms with Crippen molar-refractivity contribution in [2.24, 2.45) is 0 Å². The third kappa shape index (κ3) is 5.84. The van der Waals surface area contributed by atoms with E-state index in [1.165, 1.54) is 96.6 Å². The van der Waals surface area contributed by atoms with E-state index in [1.807, 2.05) is 11.3 Å². The second-order valence-electron chi connectivity index (χ2n) is 15.7. The van der Waals surface area contributed by atoms with Gasteiger partial charge in [-0.1, -0.05) is 158 Å². The number of fused-ring (bicyclic) bond motifs is 8. The van der Waals surface area contributed by atoms with Gasteiger partial charge in [0.05, 0.1) is 0 Å². The molecule has 1 heterocycles. The Morgan fingerprint density at radius 2 is 0.833 bits per heavy atom. The molecule has 0 atom stereocenters. The molecule has 1 aromatic heterocycles. The molecule has 2 heteroatoms. The van der Waals surface area contributed by atoms with Crippen LogP contribution in [0.5, 0.6) is 0 Å². The summed E-state index contributed by atoms with van der Waals surface area (Å²) in [5.74, 6) is 0. The lowest BCUT2D eigenvalue weighted by Crippen LogP contribution is -2.10. The van der Waals surface area contributed by atoms with Crippen molar-refractivity contribution in [1.82, 2.24) is 0 Å². The second kappa shape index (κ2) is 14.1. The first-order valence-electron chi connectivity index (χ1n) is 20.6. The van der Waals surface area contributed by atoms with Gasteiger partial charge in [0.1, 0.15) is 0 Å². The number of benzene rings is 11. The lowest BCUT2D eigenvalue weighted by molar-refractivity contribution is 1.29. The van der Waals surface area contributed by atoms with E-state index >= 15 is 0 Å². The van der Waals surface area contributed by atoms with Crippen molar-refractivity contribution in [2.45, 2.75) is 0 Å². The molecular formula is C58H37NS. The number of anilines is 3. The van der Waals surface area contributed by atoms with Gasteiger partial charge >= 0.3 is 0 Å². The number of hydrogen-bond acceptors (Lipinski definition) is 2. The highest BCUT2D eigenvalue weighted by Crippen LogP contribution is 2.43. The van der Waals surface area contributed by atoms with Crippen LogP contribution in [0.4, 0.5) is 17.1 Å². The predicted molar refractivity (Wildman–Crippen MR) is 260 cm³/mol. The van der Waals surface area contributed by atoms with Crippen molar-refractivity contribution >= 4 is 91.7 Å². The molecule has 0 saturated heterocycles. The third-order valence-corrected chi connectivity index (χ3v) is 13.3. The molecule has 0 spiro atoms. The van der Waals surface area contributed by atoms with E-state index in [-0.39, 0.29) is 0 Å².